The van der Waals surface area contributed by atoms with Crippen LogP contribution in [0.4, 0.5) is 11.9 Å². The first-order valence-corrected chi connectivity index (χ1v) is 5.67. The Kier molecular flexibility index (Phi) is 3.34. The van der Waals surface area contributed by atoms with Crippen molar-refractivity contribution in [2.24, 2.45) is 0 Å². The predicted octanol–water partition coefficient (Wildman–Crippen LogP) is 1.46. The summed E-state index contributed by atoms with van der Waals surface area (Å²) in [4.78, 5) is 12.3. The van der Waals surface area contributed by atoms with Crippen LogP contribution < -0.4 is 10.6 Å². The molecule has 0 aliphatic carbocycles. The lowest BCUT2D eigenvalue weighted by Gasteiger charge is -2.06. The highest BCUT2D eigenvalue weighted by Crippen LogP contribution is 2.12. The van der Waals surface area contributed by atoms with Gasteiger partial charge in [-0.2, -0.15) is 15.0 Å². The lowest BCUT2D eigenvalue weighted by Crippen LogP contribution is -2.09. The molecular formula is C8H15N5S. The summed E-state index contributed by atoms with van der Waals surface area (Å²) in [5, 5.41) is 2.87. The number of nitrogens with zero attached hydrogens (tertiary/aromatic N) is 3. The van der Waals surface area contributed by atoms with Crippen LogP contribution in [0.25, 0.3) is 0 Å². The van der Waals surface area contributed by atoms with Gasteiger partial charge in [0.1, 0.15) is 0 Å². The van der Waals surface area contributed by atoms with E-state index < -0.39 is 0 Å². The average Bonchev–Trinajstić information content (AvgIpc) is 2.35. The lowest BCUT2D eigenvalue weighted by atomic mass is 10.7. The van der Waals surface area contributed by atoms with E-state index in [9.17, 15) is 0 Å². The van der Waals surface area contributed by atoms with Gasteiger partial charge >= 0.3 is 0 Å². The minimum atomic E-state index is 0.280. The van der Waals surface area contributed by atoms with Crippen molar-refractivity contribution >= 4 is 23.7 Å². The standard InChI is InChI=1S/C8H15N5S/c1-4-9-6-11-7(10-5-2)13-8(12-6)14-3/h4-5H2,1-3H3,(H2,9,10,11,12,13)/i/hD2. The second kappa shape index (κ2) is 5.64. The maximum atomic E-state index is 7.62. The first-order chi connectivity index (χ1) is 7.62. The second-order valence-corrected chi connectivity index (χ2v) is 3.14. The Balaban J connectivity index is 3.10. The average molecular weight is 215 g/mol. The zero-order valence-corrected chi connectivity index (χ0v) is 9.38. The van der Waals surface area contributed by atoms with Crippen LogP contribution in [0.5, 0.6) is 0 Å². The third-order valence-corrected chi connectivity index (χ3v) is 1.92. The molecule has 0 aliphatic rings. The van der Waals surface area contributed by atoms with E-state index in [1.807, 2.05) is 20.1 Å². The number of nitrogens with one attached hydrogen (secondary N) is 2. The lowest BCUT2D eigenvalue weighted by molar-refractivity contribution is 0.896. The molecule has 0 aliphatic heterocycles. The van der Waals surface area contributed by atoms with Gasteiger partial charge in [0.05, 0.1) is 0 Å². The number of hydrogen-bond acceptors (Lipinski definition) is 6. The van der Waals surface area contributed by atoms with E-state index in [2.05, 4.69) is 15.0 Å². The van der Waals surface area contributed by atoms with Crippen molar-refractivity contribution in [2.75, 3.05) is 30.0 Å². The van der Waals surface area contributed by atoms with Crippen LogP contribution in [-0.2, 0) is 0 Å². The Labute approximate surface area is 91.1 Å². The number of aromatic nitrogens is 3. The molecule has 5 nitrogen and oxygen atoms in total. The summed E-state index contributed by atoms with van der Waals surface area (Å²) >= 11 is 1.37. The Morgan fingerprint density at radius 3 is 2.00 bits per heavy atom. The molecule has 0 fully saturated rings. The highest BCUT2D eigenvalue weighted by molar-refractivity contribution is 7.98. The molecule has 0 atom stereocenters. The topological polar surface area (TPSA) is 62.7 Å². The molecule has 14 heavy (non-hydrogen) atoms. The third-order valence-electron chi connectivity index (χ3n) is 1.37. The fourth-order valence-corrected chi connectivity index (χ4v) is 1.20. The summed E-state index contributed by atoms with van der Waals surface area (Å²) in [6.07, 6.45) is 1.85. The van der Waals surface area contributed by atoms with Crippen LogP contribution in [0.3, 0.4) is 0 Å². The molecule has 0 radical (unpaired) electrons. The molecule has 0 saturated carbocycles. The molecule has 78 valence electrons. The van der Waals surface area contributed by atoms with E-state index >= 15 is 0 Å². The van der Waals surface area contributed by atoms with Crippen LogP contribution in [0.2, 0.25) is 2.82 Å². The van der Waals surface area contributed by atoms with Gasteiger partial charge in [-0.25, -0.2) is 0 Å². The highest BCUT2D eigenvalue weighted by Gasteiger charge is 2.03. The number of hydrogen-bond donors (Lipinski definition) is 2. The van der Waals surface area contributed by atoms with Crippen LogP contribution in [0, 0.1) is 0 Å². The molecule has 0 saturated heterocycles. The molecular weight excluding hydrogens is 198 g/mol. The molecule has 0 spiro atoms. The van der Waals surface area contributed by atoms with E-state index in [0.717, 1.165) is 0 Å². The Bertz CT molecular complexity index is 323. The van der Waals surface area contributed by atoms with Crippen molar-refractivity contribution in [1.82, 2.24) is 15.0 Å². The van der Waals surface area contributed by atoms with Crippen LogP contribution >= 0.6 is 11.8 Å². The molecule has 0 aromatic carbocycles. The smallest absolute Gasteiger partial charge is 0.228 e. The van der Waals surface area contributed by atoms with Gasteiger partial charge in [-0.1, -0.05) is 11.8 Å². The fourth-order valence-electron chi connectivity index (χ4n) is 0.851. The summed E-state index contributed by atoms with van der Waals surface area (Å²) in [5.41, 5.74) is 0. The molecule has 0 bridgehead atoms. The van der Waals surface area contributed by atoms with Gasteiger partial charge in [0, 0.05) is 13.1 Å². The number of rotatable bonds is 5. The van der Waals surface area contributed by atoms with Gasteiger partial charge in [0.25, 0.3) is 0 Å². The third kappa shape index (κ3) is 3.02. The zero-order valence-electron chi connectivity index (χ0n) is 10.6. The van der Waals surface area contributed by atoms with Crippen LogP contribution in [0.1, 0.15) is 13.8 Å². The van der Waals surface area contributed by atoms with Gasteiger partial charge in [0.15, 0.2) is 7.98 Å². The van der Waals surface area contributed by atoms with E-state index in [4.69, 9.17) is 2.82 Å². The monoisotopic (exact) mass is 215 g/mol. The van der Waals surface area contributed by atoms with Gasteiger partial charge in [-0.05, 0) is 20.1 Å². The predicted molar refractivity (Wildman–Crippen MR) is 59.9 cm³/mol. The maximum Gasteiger partial charge on any atom is 0.228 e. The first-order valence-electron chi connectivity index (χ1n) is 5.34. The van der Waals surface area contributed by atoms with Crippen molar-refractivity contribution in [3.05, 3.63) is 0 Å². The molecule has 1 rings (SSSR count). The van der Waals surface area contributed by atoms with Gasteiger partial charge < -0.3 is 10.6 Å². The minimum Gasteiger partial charge on any atom is -0.354 e. The Morgan fingerprint density at radius 1 is 1.14 bits per heavy atom. The Morgan fingerprint density at radius 2 is 1.64 bits per heavy atom. The molecule has 0 amide bonds. The quantitative estimate of drug-likeness (QED) is 0.725. The molecule has 6 heteroatoms. The molecule has 2 N–H and O–H groups in total. The van der Waals surface area contributed by atoms with Crippen LogP contribution in [0.15, 0.2) is 5.16 Å². The van der Waals surface area contributed by atoms with E-state index in [-0.39, 0.29) is 11.9 Å². The SMILES string of the molecule is [2H]N(CC)c1nc(SC)nc(N([2H])CC)n1. The summed E-state index contributed by atoms with van der Waals surface area (Å²) in [5.74, 6) is 0.560. The van der Waals surface area contributed by atoms with Gasteiger partial charge in [-0.3, -0.25) is 0 Å². The maximum absolute atomic E-state index is 7.62. The summed E-state index contributed by atoms with van der Waals surface area (Å²) in [6, 6.07) is 0. The highest BCUT2D eigenvalue weighted by atomic mass is 32.2. The van der Waals surface area contributed by atoms with Crippen molar-refractivity contribution in [2.45, 2.75) is 19.0 Å². The molecule has 1 aromatic rings. The summed E-state index contributed by atoms with van der Waals surface area (Å²) in [7, 11) is 0. The van der Waals surface area contributed by atoms with Crippen molar-refractivity contribution in [3.8, 4) is 0 Å². The van der Waals surface area contributed by atoms with Crippen molar-refractivity contribution in [3.63, 3.8) is 0 Å². The Hall–Kier alpha value is -1.04. The molecule has 0 unspecified atom stereocenters. The van der Waals surface area contributed by atoms with Crippen LogP contribution in [-0.4, -0.2) is 34.3 Å². The minimum absolute atomic E-state index is 0.280. The van der Waals surface area contributed by atoms with Crippen molar-refractivity contribution < 1.29 is 2.82 Å². The summed E-state index contributed by atoms with van der Waals surface area (Å²) < 4.78 is 15.2. The van der Waals surface area contributed by atoms with E-state index in [1.54, 1.807) is 0 Å². The normalized spacial score (nSPS) is 11.9. The largest absolute Gasteiger partial charge is 0.354 e. The van der Waals surface area contributed by atoms with Crippen molar-refractivity contribution in [1.29, 1.82) is 0 Å². The number of thioether (sulfide) groups is 1. The molecule has 1 heterocycles. The van der Waals surface area contributed by atoms with E-state index in [1.165, 1.54) is 22.4 Å². The zero-order chi connectivity index (χ0) is 12.1. The second-order valence-electron chi connectivity index (χ2n) is 2.37. The fraction of sp³-hybridized carbons (Fsp3) is 0.625. The first kappa shape index (κ1) is 8.28. The van der Waals surface area contributed by atoms with Gasteiger partial charge in [-0.15, -0.1) is 0 Å². The molecule has 1 aromatic heterocycles. The van der Waals surface area contributed by atoms with E-state index in [0.29, 0.717) is 18.2 Å². The summed E-state index contributed by atoms with van der Waals surface area (Å²) in [6.45, 7) is 4.66. The van der Waals surface area contributed by atoms with Gasteiger partial charge in [0.2, 0.25) is 11.9 Å². The number of anilines is 2.